The van der Waals surface area contributed by atoms with Gasteiger partial charge >= 0.3 is 6.18 Å². The largest absolute Gasteiger partial charge is 0.417 e. The summed E-state index contributed by atoms with van der Waals surface area (Å²) in [6.45, 7) is 3.26. The average Bonchev–Trinajstić information content (AvgIpc) is 3.30. The normalized spacial score (nSPS) is 14.4. The van der Waals surface area contributed by atoms with Crippen LogP contribution in [0.5, 0.6) is 0 Å². The van der Waals surface area contributed by atoms with Crippen LogP contribution < -0.4 is 5.32 Å². The quantitative estimate of drug-likeness (QED) is 0.831. The maximum Gasteiger partial charge on any atom is 0.417 e. The highest BCUT2D eigenvalue weighted by molar-refractivity contribution is 6.11. The number of rotatable bonds is 4. The molecule has 5 nitrogen and oxygen atoms in total. The monoisotopic (exact) mass is 351 g/mol. The number of halogens is 3. The fourth-order valence-corrected chi connectivity index (χ4v) is 2.63. The fourth-order valence-electron chi connectivity index (χ4n) is 2.63. The molecule has 1 amide bonds. The van der Waals surface area contributed by atoms with Gasteiger partial charge in [0.2, 0.25) is 5.78 Å². The lowest BCUT2D eigenvalue weighted by Gasteiger charge is -2.07. The van der Waals surface area contributed by atoms with Crippen LogP contribution in [0.2, 0.25) is 0 Å². The number of hydrogen-bond donors (Lipinski definition) is 2. The Kier molecular flexibility index (Phi) is 4.14. The molecule has 25 heavy (non-hydrogen) atoms. The molecule has 2 aromatic rings. The predicted octanol–water partition coefficient (Wildman–Crippen LogP) is 3.17. The number of aromatic amines is 1. The molecule has 0 atom stereocenters. The number of pyridine rings is 1. The number of hydrogen-bond acceptors (Lipinski definition) is 3. The van der Waals surface area contributed by atoms with Crippen molar-refractivity contribution in [2.24, 2.45) is 0 Å². The zero-order valence-corrected chi connectivity index (χ0v) is 13.6. The summed E-state index contributed by atoms with van der Waals surface area (Å²) < 4.78 is 37.8. The summed E-state index contributed by atoms with van der Waals surface area (Å²) in [5.74, 6) is -0.812. The van der Waals surface area contributed by atoms with Gasteiger partial charge in [-0.3, -0.25) is 14.6 Å². The Morgan fingerprint density at radius 2 is 1.92 bits per heavy atom. The number of ketones is 1. The summed E-state index contributed by atoms with van der Waals surface area (Å²) in [5, 5.41) is 2.83. The van der Waals surface area contributed by atoms with Crippen LogP contribution >= 0.6 is 0 Å². The van der Waals surface area contributed by atoms with Gasteiger partial charge in [-0.05, 0) is 44.4 Å². The molecule has 2 N–H and O–H groups in total. The van der Waals surface area contributed by atoms with E-state index in [4.69, 9.17) is 0 Å². The molecule has 8 heteroatoms. The number of alkyl halides is 3. The van der Waals surface area contributed by atoms with Gasteiger partial charge in [0.05, 0.1) is 5.56 Å². The van der Waals surface area contributed by atoms with Crippen LogP contribution in [-0.4, -0.2) is 27.7 Å². The zero-order valence-electron chi connectivity index (χ0n) is 13.6. The second-order valence-corrected chi connectivity index (χ2v) is 6.13. The first-order valence-corrected chi connectivity index (χ1v) is 7.76. The van der Waals surface area contributed by atoms with E-state index < -0.39 is 17.5 Å². The Morgan fingerprint density at radius 3 is 2.44 bits per heavy atom. The minimum absolute atomic E-state index is 0.104. The van der Waals surface area contributed by atoms with E-state index in [-0.39, 0.29) is 23.2 Å². The van der Waals surface area contributed by atoms with Crippen molar-refractivity contribution in [3.05, 3.63) is 52.1 Å². The van der Waals surface area contributed by atoms with Crippen molar-refractivity contribution in [3.8, 4) is 0 Å². The molecule has 0 aliphatic heterocycles. The van der Waals surface area contributed by atoms with Crippen molar-refractivity contribution >= 4 is 11.7 Å². The first-order chi connectivity index (χ1) is 11.7. The topological polar surface area (TPSA) is 74.8 Å². The minimum Gasteiger partial charge on any atom is -0.354 e. The molecule has 3 rings (SSSR count). The smallest absolute Gasteiger partial charge is 0.354 e. The van der Waals surface area contributed by atoms with E-state index >= 15 is 0 Å². The molecule has 2 aromatic heterocycles. The van der Waals surface area contributed by atoms with Gasteiger partial charge in [-0.25, -0.2) is 0 Å². The maximum absolute atomic E-state index is 12.6. The third-order valence-corrected chi connectivity index (χ3v) is 4.13. The number of H-pyrrole nitrogens is 1. The predicted molar refractivity (Wildman–Crippen MR) is 83.4 cm³/mol. The zero-order chi connectivity index (χ0) is 18.4. The summed E-state index contributed by atoms with van der Waals surface area (Å²) in [6, 6.07) is 2.03. The Labute approximate surface area is 141 Å². The fraction of sp³-hybridized carbons (Fsp3) is 0.353. The summed E-state index contributed by atoms with van der Waals surface area (Å²) >= 11 is 0. The van der Waals surface area contributed by atoms with Crippen LogP contribution in [0.15, 0.2) is 18.3 Å². The van der Waals surface area contributed by atoms with Crippen molar-refractivity contribution in [1.29, 1.82) is 0 Å². The summed E-state index contributed by atoms with van der Waals surface area (Å²) in [4.78, 5) is 31.3. The van der Waals surface area contributed by atoms with Gasteiger partial charge in [-0.1, -0.05) is 0 Å². The number of nitrogens with one attached hydrogen (secondary N) is 2. The van der Waals surface area contributed by atoms with E-state index in [1.165, 1.54) is 0 Å². The number of carbonyl (C=O) groups is 2. The molecule has 0 saturated heterocycles. The van der Waals surface area contributed by atoms with Gasteiger partial charge in [-0.2, -0.15) is 13.2 Å². The molecule has 1 aliphatic rings. The van der Waals surface area contributed by atoms with Gasteiger partial charge in [-0.15, -0.1) is 0 Å². The maximum atomic E-state index is 12.6. The van der Waals surface area contributed by atoms with Crippen LogP contribution in [0.4, 0.5) is 13.2 Å². The lowest BCUT2D eigenvalue weighted by molar-refractivity contribution is -0.137. The van der Waals surface area contributed by atoms with E-state index in [0.29, 0.717) is 23.1 Å². The van der Waals surface area contributed by atoms with Gasteiger partial charge < -0.3 is 10.3 Å². The highest BCUT2D eigenvalue weighted by Crippen LogP contribution is 2.29. The second-order valence-electron chi connectivity index (χ2n) is 6.13. The van der Waals surface area contributed by atoms with Crippen LogP contribution in [0.1, 0.15) is 56.2 Å². The number of nitrogens with zero attached hydrogens (tertiary/aromatic N) is 1. The molecule has 0 spiro atoms. The number of aromatic nitrogens is 2. The molecular formula is C17H16F3N3O2. The standard InChI is InChI=1S/C17H16F3N3O2/c1-8-13(9(2)22-14(8)16(25)23-11-4-5-11)15(24)12-6-3-10(7-21-12)17(18,19)20/h3,6-7,11,22H,4-5H2,1-2H3,(H,23,25). The van der Waals surface area contributed by atoms with Gasteiger partial charge in [0, 0.05) is 23.5 Å². The molecule has 1 aliphatic carbocycles. The number of carbonyl (C=O) groups excluding carboxylic acids is 2. The highest BCUT2D eigenvalue weighted by Gasteiger charge is 2.32. The summed E-state index contributed by atoms with van der Waals surface area (Å²) in [5.41, 5.74) is 0.462. The first kappa shape index (κ1) is 17.2. The van der Waals surface area contributed by atoms with Gasteiger partial charge in [0.15, 0.2) is 0 Å². The minimum atomic E-state index is -4.51. The summed E-state index contributed by atoms with van der Waals surface area (Å²) in [7, 11) is 0. The molecule has 132 valence electrons. The molecule has 0 bridgehead atoms. The second kappa shape index (κ2) is 6.02. The number of amides is 1. The van der Waals surface area contributed by atoms with E-state index in [0.717, 1.165) is 25.0 Å². The Morgan fingerprint density at radius 1 is 1.24 bits per heavy atom. The van der Waals surface area contributed by atoms with Gasteiger partial charge in [0.1, 0.15) is 11.4 Å². The van der Waals surface area contributed by atoms with E-state index in [9.17, 15) is 22.8 Å². The average molecular weight is 351 g/mol. The Hall–Kier alpha value is -2.64. The van der Waals surface area contributed by atoms with Crippen molar-refractivity contribution in [2.75, 3.05) is 0 Å². The van der Waals surface area contributed by atoms with Crippen LogP contribution in [-0.2, 0) is 6.18 Å². The third kappa shape index (κ3) is 3.42. The lowest BCUT2D eigenvalue weighted by atomic mass is 10.0. The number of aryl methyl sites for hydroxylation is 1. The van der Waals surface area contributed by atoms with Crippen molar-refractivity contribution in [2.45, 2.75) is 38.9 Å². The lowest BCUT2D eigenvalue weighted by Crippen LogP contribution is -2.26. The third-order valence-electron chi connectivity index (χ3n) is 4.13. The van der Waals surface area contributed by atoms with Crippen LogP contribution in [0.3, 0.4) is 0 Å². The molecule has 0 unspecified atom stereocenters. The SMILES string of the molecule is Cc1[nH]c(C(=O)NC2CC2)c(C)c1C(=O)c1ccc(C(F)(F)F)cn1. The molecule has 1 fully saturated rings. The van der Waals surface area contributed by atoms with E-state index in [1.807, 2.05) is 0 Å². The first-order valence-electron chi connectivity index (χ1n) is 7.76. The van der Waals surface area contributed by atoms with E-state index in [1.54, 1.807) is 13.8 Å². The molecule has 1 saturated carbocycles. The van der Waals surface area contributed by atoms with Crippen LogP contribution in [0.25, 0.3) is 0 Å². The highest BCUT2D eigenvalue weighted by atomic mass is 19.4. The van der Waals surface area contributed by atoms with Crippen molar-refractivity contribution in [3.63, 3.8) is 0 Å². The van der Waals surface area contributed by atoms with Gasteiger partial charge in [0.25, 0.3) is 5.91 Å². The van der Waals surface area contributed by atoms with Crippen LogP contribution in [0, 0.1) is 13.8 Å². The molecular weight excluding hydrogens is 335 g/mol. The Bertz CT molecular complexity index is 834. The summed E-state index contributed by atoms with van der Waals surface area (Å²) in [6.07, 6.45) is -2.01. The van der Waals surface area contributed by atoms with Crippen molar-refractivity contribution in [1.82, 2.24) is 15.3 Å². The van der Waals surface area contributed by atoms with E-state index in [2.05, 4.69) is 15.3 Å². The molecule has 0 radical (unpaired) electrons. The molecule has 2 heterocycles. The Balaban J connectivity index is 1.89. The molecule has 0 aromatic carbocycles. The van der Waals surface area contributed by atoms with Crippen molar-refractivity contribution < 1.29 is 22.8 Å².